The van der Waals surface area contributed by atoms with Crippen LogP contribution in [0.5, 0.6) is 0 Å². The van der Waals surface area contributed by atoms with E-state index in [0.717, 1.165) is 80.2 Å². The molecule has 164 valence electrons. The maximum Gasteiger partial charge on any atom is 0.0851 e. The van der Waals surface area contributed by atoms with E-state index in [4.69, 9.17) is 30.4 Å². The fraction of sp³-hybridized carbons (Fsp3) is 0.520. The fourth-order valence-electron chi connectivity index (χ4n) is 4.87. The molecule has 0 aliphatic carbocycles. The second kappa shape index (κ2) is 7.48. The lowest BCUT2D eigenvalue weighted by Gasteiger charge is -2.26. The first-order valence-corrected chi connectivity index (χ1v) is 11.3. The van der Waals surface area contributed by atoms with Crippen LogP contribution < -0.4 is 11.5 Å². The first-order valence-electron chi connectivity index (χ1n) is 11.3. The summed E-state index contributed by atoms with van der Waals surface area (Å²) in [6.07, 6.45) is 4.70. The van der Waals surface area contributed by atoms with Gasteiger partial charge < -0.3 is 30.4 Å². The van der Waals surface area contributed by atoms with E-state index in [2.05, 4.69) is 13.0 Å². The molecule has 0 saturated carbocycles. The highest BCUT2D eigenvalue weighted by Crippen LogP contribution is 2.44. The van der Waals surface area contributed by atoms with Crippen LogP contribution in [0.2, 0.25) is 0 Å². The molecule has 2 aromatic carbocycles. The minimum absolute atomic E-state index is 0.268. The summed E-state index contributed by atoms with van der Waals surface area (Å²) in [5.41, 5.74) is 23.5. The van der Waals surface area contributed by atoms with E-state index in [9.17, 15) is 0 Å². The predicted molar refractivity (Wildman–Crippen MR) is 119 cm³/mol. The van der Waals surface area contributed by atoms with Crippen molar-refractivity contribution < 1.29 is 18.9 Å². The van der Waals surface area contributed by atoms with Gasteiger partial charge in [-0.2, -0.15) is 0 Å². The number of epoxide rings is 4. The summed E-state index contributed by atoms with van der Waals surface area (Å²) in [5.74, 6) is 0. The number of ether oxygens (including phenoxy) is 4. The van der Waals surface area contributed by atoms with Gasteiger partial charge in [0.15, 0.2) is 0 Å². The molecule has 4 heterocycles. The minimum atomic E-state index is 0.268. The number of hydrogen-bond acceptors (Lipinski definition) is 6. The lowest BCUT2D eigenvalue weighted by molar-refractivity contribution is 0.395. The largest absolute Gasteiger partial charge is 0.399 e. The van der Waals surface area contributed by atoms with Gasteiger partial charge in [0, 0.05) is 42.6 Å². The number of rotatable bonds is 9. The Bertz CT molecular complexity index is 1020. The van der Waals surface area contributed by atoms with Crippen molar-refractivity contribution in [3.8, 4) is 11.1 Å². The van der Waals surface area contributed by atoms with Gasteiger partial charge in [-0.15, -0.1) is 0 Å². The number of aryl methyl sites for hydroxylation is 1. The summed E-state index contributed by atoms with van der Waals surface area (Å²) in [7, 11) is 0. The van der Waals surface area contributed by atoms with Crippen LogP contribution in [0.1, 0.15) is 27.8 Å². The molecule has 4 atom stereocenters. The number of hydrogen-bond donors (Lipinski definition) is 2. The first-order chi connectivity index (χ1) is 15.1. The molecule has 6 nitrogen and oxygen atoms in total. The maximum absolute atomic E-state index is 7.01. The van der Waals surface area contributed by atoms with Crippen LogP contribution in [0.25, 0.3) is 11.1 Å². The molecule has 4 N–H and O–H groups in total. The van der Waals surface area contributed by atoms with Crippen molar-refractivity contribution in [2.24, 2.45) is 0 Å². The molecule has 0 amide bonds. The predicted octanol–water partition coefficient (Wildman–Crippen LogP) is 2.59. The molecule has 4 fully saturated rings. The molecular weight excluding hydrogens is 392 g/mol. The highest BCUT2D eigenvalue weighted by atomic mass is 16.6. The molecule has 0 spiro atoms. The summed E-state index contributed by atoms with van der Waals surface area (Å²) in [4.78, 5) is 0. The van der Waals surface area contributed by atoms with E-state index in [1.165, 1.54) is 22.3 Å². The molecule has 0 aromatic heterocycles. The SMILES string of the molecule is Cc1cc(N)ccc1-c1c(N)c(CC2CO2)c(CC2CO2)c(CC2CO2)c1CC1CO1. The Morgan fingerprint density at radius 2 is 1.16 bits per heavy atom. The zero-order valence-corrected chi connectivity index (χ0v) is 18.0. The molecule has 0 radical (unpaired) electrons. The van der Waals surface area contributed by atoms with E-state index >= 15 is 0 Å². The molecule has 4 unspecified atom stereocenters. The summed E-state index contributed by atoms with van der Waals surface area (Å²) >= 11 is 0. The average molecular weight is 423 g/mol. The van der Waals surface area contributed by atoms with E-state index in [1.807, 2.05) is 12.1 Å². The second-order valence-electron chi connectivity index (χ2n) is 9.42. The third-order valence-corrected chi connectivity index (χ3v) is 6.85. The lowest BCUT2D eigenvalue weighted by Crippen LogP contribution is -2.17. The van der Waals surface area contributed by atoms with Crippen molar-refractivity contribution in [3.05, 3.63) is 46.0 Å². The Morgan fingerprint density at radius 1 is 0.710 bits per heavy atom. The highest BCUT2D eigenvalue weighted by molar-refractivity contribution is 5.86. The normalized spacial score (nSPS) is 27.9. The molecule has 6 rings (SSSR count). The molecule has 4 aliphatic heterocycles. The van der Waals surface area contributed by atoms with Crippen LogP contribution in [0.15, 0.2) is 18.2 Å². The van der Waals surface area contributed by atoms with Gasteiger partial charge in [-0.3, -0.25) is 0 Å². The molecule has 31 heavy (non-hydrogen) atoms. The van der Waals surface area contributed by atoms with Crippen LogP contribution in [0.4, 0.5) is 11.4 Å². The van der Waals surface area contributed by atoms with Crippen molar-refractivity contribution in [3.63, 3.8) is 0 Å². The van der Waals surface area contributed by atoms with Crippen molar-refractivity contribution in [2.45, 2.75) is 57.0 Å². The fourth-order valence-corrected chi connectivity index (χ4v) is 4.87. The van der Waals surface area contributed by atoms with Crippen LogP contribution in [0, 0.1) is 6.92 Å². The van der Waals surface area contributed by atoms with Gasteiger partial charge in [0.05, 0.1) is 50.8 Å². The second-order valence-corrected chi connectivity index (χ2v) is 9.42. The van der Waals surface area contributed by atoms with Gasteiger partial charge in [-0.25, -0.2) is 0 Å². The topological polar surface area (TPSA) is 102 Å². The van der Waals surface area contributed by atoms with Gasteiger partial charge >= 0.3 is 0 Å². The van der Waals surface area contributed by atoms with Crippen molar-refractivity contribution >= 4 is 11.4 Å². The van der Waals surface area contributed by atoms with Crippen molar-refractivity contribution in [2.75, 3.05) is 37.9 Å². The quantitative estimate of drug-likeness (QED) is 0.476. The molecular formula is C25H30N2O4. The van der Waals surface area contributed by atoms with Gasteiger partial charge in [0.25, 0.3) is 0 Å². The third-order valence-electron chi connectivity index (χ3n) is 6.85. The first kappa shape index (κ1) is 19.6. The van der Waals surface area contributed by atoms with E-state index in [-0.39, 0.29) is 12.2 Å². The maximum atomic E-state index is 7.01. The van der Waals surface area contributed by atoms with E-state index < -0.39 is 0 Å². The van der Waals surface area contributed by atoms with Crippen LogP contribution in [-0.4, -0.2) is 50.8 Å². The summed E-state index contributed by atoms with van der Waals surface area (Å²) < 4.78 is 22.6. The monoisotopic (exact) mass is 422 g/mol. The zero-order chi connectivity index (χ0) is 21.1. The summed E-state index contributed by atoms with van der Waals surface area (Å²) in [6.45, 7) is 5.41. The number of nitrogen functional groups attached to an aromatic ring is 2. The summed E-state index contributed by atoms with van der Waals surface area (Å²) in [6, 6.07) is 6.12. The van der Waals surface area contributed by atoms with Crippen LogP contribution in [0.3, 0.4) is 0 Å². The standard InChI is InChI=1S/C25H30N2O4/c1-13-4-14(26)2-3-19(13)24-22(7-17-11-30-17)20(5-15-9-28-15)21(6-16-10-29-16)23(25(24)27)8-18-12-31-18/h2-4,15-18H,5-12,26-27H2,1H3. The van der Waals surface area contributed by atoms with Crippen molar-refractivity contribution in [1.29, 1.82) is 0 Å². The van der Waals surface area contributed by atoms with Gasteiger partial charge in [-0.1, -0.05) is 6.07 Å². The molecule has 4 aliphatic rings. The lowest BCUT2D eigenvalue weighted by atomic mass is 9.80. The molecule has 2 aromatic rings. The van der Waals surface area contributed by atoms with Crippen LogP contribution in [-0.2, 0) is 44.6 Å². The van der Waals surface area contributed by atoms with E-state index in [1.54, 1.807) is 0 Å². The Morgan fingerprint density at radius 3 is 1.65 bits per heavy atom. The van der Waals surface area contributed by atoms with Gasteiger partial charge in [-0.05, 0) is 52.4 Å². The Kier molecular flexibility index (Phi) is 4.72. The Hall–Kier alpha value is -2.12. The minimum Gasteiger partial charge on any atom is -0.399 e. The Balaban J connectivity index is 1.58. The van der Waals surface area contributed by atoms with Crippen molar-refractivity contribution in [1.82, 2.24) is 0 Å². The van der Waals surface area contributed by atoms with Gasteiger partial charge in [0.2, 0.25) is 0 Å². The number of anilines is 2. The molecule has 4 saturated heterocycles. The smallest absolute Gasteiger partial charge is 0.0851 e. The highest BCUT2D eigenvalue weighted by Gasteiger charge is 2.36. The average Bonchev–Trinajstić information content (AvgIpc) is 3.57. The number of benzene rings is 2. The van der Waals surface area contributed by atoms with E-state index in [0.29, 0.717) is 12.2 Å². The number of nitrogens with two attached hydrogens (primary N) is 2. The molecule has 0 bridgehead atoms. The Labute approximate surface area is 182 Å². The summed E-state index contributed by atoms with van der Waals surface area (Å²) in [5, 5.41) is 0. The zero-order valence-electron chi connectivity index (χ0n) is 18.0. The van der Waals surface area contributed by atoms with Gasteiger partial charge in [0.1, 0.15) is 0 Å². The van der Waals surface area contributed by atoms with Crippen LogP contribution >= 0.6 is 0 Å². The third kappa shape index (κ3) is 4.17. The molecule has 6 heteroatoms.